The summed E-state index contributed by atoms with van der Waals surface area (Å²) in [7, 11) is 0. The highest BCUT2D eigenvalue weighted by Gasteiger charge is 1.94. The monoisotopic (exact) mass is 263 g/mol. The number of aromatic nitrogens is 1. The molecular weight excluding hydrogens is 253 g/mol. The standard InChI is InChI=1S/C9H11BrClNO/c10-8-5-9(7-12-6-8)13-4-2-1-3-11/h5-7H,1-4H2. The summed E-state index contributed by atoms with van der Waals surface area (Å²) in [5.41, 5.74) is 0. The van der Waals surface area contributed by atoms with E-state index in [-0.39, 0.29) is 0 Å². The third-order valence-corrected chi connectivity index (χ3v) is 2.18. The summed E-state index contributed by atoms with van der Waals surface area (Å²) < 4.78 is 6.37. The summed E-state index contributed by atoms with van der Waals surface area (Å²) in [6, 6.07) is 1.90. The molecule has 1 aromatic heterocycles. The molecule has 0 spiro atoms. The van der Waals surface area contributed by atoms with E-state index in [9.17, 15) is 0 Å². The second kappa shape index (κ2) is 6.22. The number of unbranched alkanes of at least 4 members (excludes halogenated alkanes) is 1. The number of pyridine rings is 1. The van der Waals surface area contributed by atoms with Crippen molar-refractivity contribution < 1.29 is 4.74 Å². The molecule has 0 bridgehead atoms. The average Bonchev–Trinajstić information content (AvgIpc) is 2.13. The van der Waals surface area contributed by atoms with Crippen molar-refractivity contribution in [2.45, 2.75) is 12.8 Å². The Bertz CT molecular complexity index is 257. The largest absolute Gasteiger partial charge is 0.492 e. The van der Waals surface area contributed by atoms with Crippen LogP contribution in [-0.2, 0) is 0 Å². The van der Waals surface area contributed by atoms with Crippen LogP contribution in [0.3, 0.4) is 0 Å². The highest BCUT2D eigenvalue weighted by molar-refractivity contribution is 9.10. The summed E-state index contributed by atoms with van der Waals surface area (Å²) in [4.78, 5) is 3.99. The maximum Gasteiger partial charge on any atom is 0.138 e. The van der Waals surface area contributed by atoms with E-state index in [1.807, 2.05) is 6.07 Å². The van der Waals surface area contributed by atoms with Crippen molar-refractivity contribution in [2.75, 3.05) is 12.5 Å². The molecule has 0 aromatic carbocycles. The van der Waals surface area contributed by atoms with Crippen molar-refractivity contribution in [2.24, 2.45) is 0 Å². The number of hydrogen-bond acceptors (Lipinski definition) is 2. The highest BCUT2D eigenvalue weighted by Crippen LogP contribution is 2.15. The smallest absolute Gasteiger partial charge is 0.138 e. The molecule has 1 rings (SSSR count). The third-order valence-electron chi connectivity index (χ3n) is 1.48. The van der Waals surface area contributed by atoms with Gasteiger partial charge in [0.2, 0.25) is 0 Å². The van der Waals surface area contributed by atoms with Crippen LogP contribution in [0, 0.1) is 0 Å². The number of halogens is 2. The molecule has 0 aliphatic carbocycles. The highest BCUT2D eigenvalue weighted by atomic mass is 79.9. The fourth-order valence-corrected chi connectivity index (χ4v) is 1.39. The lowest BCUT2D eigenvalue weighted by Crippen LogP contribution is -1.97. The molecule has 13 heavy (non-hydrogen) atoms. The molecular formula is C9H11BrClNO. The van der Waals surface area contributed by atoms with Gasteiger partial charge in [0.15, 0.2) is 0 Å². The minimum Gasteiger partial charge on any atom is -0.492 e. The van der Waals surface area contributed by atoms with Crippen LogP contribution >= 0.6 is 27.5 Å². The van der Waals surface area contributed by atoms with Gasteiger partial charge in [-0.05, 0) is 34.8 Å². The molecule has 72 valence electrons. The molecule has 0 aliphatic rings. The molecule has 0 N–H and O–H groups in total. The normalized spacial score (nSPS) is 10.0. The maximum absolute atomic E-state index is 5.53. The van der Waals surface area contributed by atoms with E-state index in [1.54, 1.807) is 12.4 Å². The van der Waals surface area contributed by atoms with Crippen LogP contribution < -0.4 is 4.74 Å². The van der Waals surface area contributed by atoms with Crippen LogP contribution in [0.4, 0.5) is 0 Å². The topological polar surface area (TPSA) is 22.1 Å². The quantitative estimate of drug-likeness (QED) is 0.602. The van der Waals surface area contributed by atoms with Gasteiger partial charge in [-0.3, -0.25) is 4.98 Å². The van der Waals surface area contributed by atoms with Crippen molar-refractivity contribution in [1.82, 2.24) is 4.98 Å². The number of alkyl halides is 1. The van der Waals surface area contributed by atoms with Crippen LogP contribution in [0.2, 0.25) is 0 Å². The molecule has 0 atom stereocenters. The van der Waals surface area contributed by atoms with Gasteiger partial charge in [0.05, 0.1) is 12.8 Å². The van der Waals surface area contributed by atoms with Gasteiger partial charge >= 0.3 is 0 Å². The Labute approximate surface area is 91.4 Å². The third kappa shape index (κ3) is 4.48. The van der Waals surface area contributed by atoms with Gasteiger partial charge in [-0.1, -0.05) is 0 Å². The van der Waals surface area contributed by atoms with Crippen molar-refractivity contribution in [3.8, 4) is 5.75 Å². The van der Waals surface area contributed by atoms with Gasteiger partial charge < -0.3 is 4.74 Å². The molecule has 4 heteroatoms. The van der Waals surface area contributed by atoms with Gasteiger partial charge in [-0.25, -0.2) is 0 Å². The van der Waals surface area contributed by atoms with Crippen molar-refractivity contribution >= 4 is 27.5 Å². The van der Waals surface area contributed by atoms with E-state index in [4.69, 9.17) is 16.3 Å². The molecule has 0 radical (unpaired) electrons. The van der Waals surface area contributed by atoms with Crippen LogP contribution in [0.1, 0.15) is 12.8 Å². The first-order chi connectivity index (χ1) is 6.33. The second-order valence-corrected chi connectivity index (χ2v) is 3.88. The zero-order valence-corrected chi connectivity index (χ0v) is 9.51. The minimum atomic E-state index is 0.695. The Morgan fingerprint density at radius 3 is 2.92 bits per heavy atom. The lowest BCUT2D eigenvalue weighted by atomic mass is 10.3. The van der Waals surface area contributed by atoms with Crippen LogP contribution in [0.5, 0.6) is 5.75 Å². The molecule has 1 heterocycles. The SMILES string of the molecule is ClCCCCOc1cncc(Br)c1. The van der Waals surface area contributed by atoms with Gasteiger partial charge in [-0.15, -0.1) is 11.6 Å². The molecule has 0 saturated heterocycles. The minimum absolute atomic E-state index is 0.695. The Morgan fingerprint density at radius 1 is 1.38 bits per heavy atom. The van der Waals surface area contributed by atoms with Crippen LogP contribution in [0.15, 0.2) is 22.9 Å². The number of hydrogen-bond donors (Lipinski definition) is 0. The molecule has 1 aromatic rings. The molecule has 0 unspecified atom stereocenters. The first-order valence-corrected chi connectivity index (χ1v) is 5.45. The predicted molar refractivity (Wildman–Crippen MR) is 57.4 cm³/mol. The molecule has 2 nitrogen and oxygen atoms in total. The van der Waals surface area contributed by atoms with E-state index in [2.05, 4.69) is 20.9 Å². The first kappa shape index (κ1) is 10.8. The number of rotatable bonds is 5. The maximum atomic E-state index is 5.53. The molecule has 0 amide bonds. The second-order valence-electron chi connectivity index (χ2n) is 2.58. The van der Waals surface area contributed by atoms with E-state index < -0.39 is 0 Å². The predicted octanol–water partition coefficient (Wildman–Crippen LogP) is 3.24. The molecule has 0 aliphatic heterocycles. The fourth-order valence-electron chi connectivity index (χ4n) is 0.858. The van der Waals surface area contributed by atoms with Gasteiger partial charge in [0.1, 0.15) is 5.75 Å². The summed E-state index contributed by atoms with van der Waals surface area (Å²) in [6.45, 7) is 0.699. The lowest BCUT2D eigenvalue weighted by molar-refractivity contribution is 0.308. The number of nitrogens with zero attached hydrogens (tertiary/aromatic N) is 1. The van der Waals surface area contributed by atoms with Gasteiger partial charge in [0, 0.05) is 16.5 Å². The van der Waals surface area contributed by atoms with E-state index in [1.165, 1.54) is 0 Å². The Morgan fingerprint density at radius 2 is 2.23 bits per heavy atom. The zero-order chi connectivity index (χ0) is 9.52. The fraction of sp³-hybridized carbons (Fsp3) is 0.444. The van der Waals surface area contributed by atoms with E-state index in [0.717, 1.165) is 23.1 Å². The number of ether oxygens (including phenoxy) is 1. The summed E-state index contributed by atoms with van der Waals surface area (Å²) >= 11 is 8.85. The molecule has 0 fully saturated rings. The summed E-state index contributed by atoms with van der Waals surface area (Å²) in [5.74, 6) is 1.49. The van der Waals surface area contributed by atoms with Crippen molar-refractivity contribution in [1.29, 1.82) is 0 Å². The average molecular weight is 265 g/mol. The van der Waals surface area contributed by atoms with Crippen LogP contribution in [0.25, 0.3) is 0 Å². The Balaban J connectivity index is 2.28. The Hall–Kier alpha value is -0.280. The van der Waals surface area contributed by atoms with E-state index in [0.29, 0.717) is 12.5 Å². The lowest BCUT2D eigenvalue weighted by Gasteiger charge is -2.04. The van der Waals surface area contributed by atoms with E-state index >= 15 is 0 Å². The zero-order valence-electron chi connectivity index (χ0n) is 7.17. The van der Waals surface area contributed by atoms with Gasteiger partial charge in [0.25, 0.3) is 0 Å². The molecule has 0 saturated carbocycles. The van der Waals surface area contributed by atoms with Crippen molar-refractivity contribution in [3.05, 3.63) is 22.9 Å². The van der Waals surface area contributed by atoms with Gasteiger partial charge in [-0.2, -0.15) is 0 Å². The summed E-state index contributed by atoms with van der Waals surface area (Å²) in [6.07, 6.45) is 5.40. The van der Waals surface area contributed by atoms with Crippen LogP contribution in [-0.4, -0.2) is 17.5 Å². The van der Waals surface area contributed by atoms with Crippen molar-refractivity contribution in [3.63, 3.8) is 0 Å². The Kier molecular flexibility index (Phi) is 5.16. The first-order valence-electron chi connectivity index (χ1n) is 4.12. The summed E-state index contributed by atoms with van der Waals surface area (Å²) in [5, 5.41) is 0.